The number of hydrogen-bond acceptors (Lipinski definition) is 3. The molecule has 1 saturated carbocycles. The molecule has 1 aromatic rings. The van der Waals surface area contributed by atoms with Gasteiger partial charge in [-0.3, -0.25) is 4.79 Å². The molecular weight excluding hydrogens is 300 g/mol. The number of carbonyl (C=O) groups is 1. The summed E-state index contributed by atoms with van der Waals surface area (Å²) in [5.41, 5.74) is 2.20. The molecule has 3 rings (SSSR count). The van der Waals surface area contributed by atoms with Crippen LogP contribution in [0.25, 0.3) is 0 Å². The normalized spacial score (nSPS) is 21.0. The first kappa shape index (κ1) is 17.3. The Morgan fingerprint density at radius 2 is 1.83 bits per heavy atom. The van der Waals surface area contributed by atoms with Gasteiger partial charge in [-0.25, -0.2) is 0 Å². The molecule has 2 N–H and O–H groups in total. The first-order valence-electron chi connectivity index (χ1n) is 9.43. The van der Waals surface area contributed by atoms with Crippen molar-refractivity contribution in [2.75, 3.05) is 24.5 Å². The number of aliphatic hydroxyl groups is 1. The average molecular weight is 330 g/mol. The van der Waals surface area contributed by atoms with Crippen LogP contribution in [-0.2, 0) is 0 Å². The van der Waals surface area contributed by atoms with Gasteiger partial charge in [0.2, 0.25) is 0 Å². The van der Waals surface area contributed by atoms with E-state index in [-0.39, 0.29) is 12.0 Å². The molecule has 1 aliphatic heterocycles. The van der Waals surface area contributed by atoms with E-state index in [9.17, 15) is 9.90 Å². The van der Waals surface area contributed by atoms with Crippen LogP contribution in [0.1, 0.15) is 62.2 Å². The molecule has 0 aromatic heterocycles. The van der Waals surface area contributed by atoms with Gasteiger partial charge in [0.1, 0.15) is 0 Å². The summed E-state index contributed by atoms with van der Waals surface area (Å²) in [5, 5.41) is 12.8. The summed E-state index contributed by atoms with van der Waals surface area (Å²) < 4.78 is 0. The number of piperidine rings is 1. The minimum atomic E-state index is -0.159. The predicted octanol–water partition coefficient (Wildman–Crippen LogP) is 3.35. The van der Waals surface area contributed by atoms with Crippen molar-refractivity contribution < 1.29 is 9.90 Å². The topological polar surface area (TPSA) is 52.6 Å². The van der Waals surface area contributed by atoms with Crippen LogP contribution in [0.15, 0.2) is 24.3 Å². The first-order chi connectivity index (χ1) is 11.6. The lowest BCUT2D eigenvalue weighted by Gasteiger charge is -2.31. The van der Waals surface area contributed by atoms with E-state index < -0.39 is 0 Å². The van der Waals surface area contributed by atoms with Crippen LogP contribution in [0.2, 0.25) is 0 Å². The summed E-state index contributed by atoms with van der Waals surface area (Å²) in [6, 6.07) is 7.89. The largest absolute Gasteiger partial charge is 0.393 e. The first-order valence-corrected chi connectivity index (χ1v) is 9.43. The van der Waals surface area contributed by atoms with Crippen molar-refractivity contribution in [3.8, 4) is 0 Å². The minimum Gasteiger partial charge on any atom is -0.393 e. The Labute approximate surface area is 145 Å². The van der Waals surface area contributed by atoms with E-state index in [2.05, 4.69) is 17.1 Å². The number of amides is 1. The molecule has 0 radical (unpaired) electrons. The zero-order valence-electron chi connectivity index (χ0n) is 14.8. The Balaban J connectivity index is 1.56. The standard InChI is InChI=1S/C20H30N2O2/c1-2-20(11-3-4-12-20)15-21-19(24)16-5-7-17(8-6-16)22-13-9-18(23)10-14-22/h5-8,18,23H,2-4,9-15H2,1H3,(H,21,24). The SMILES string of the molecule is CCC1(CNC(=O)c2ccc(N3CCC(O)CC3)cc2)CCCC1. The fourth-order valence-corrected chi connectivity index (χ4v) is 4.10. The highest BCUT2D eigenvalue weighted by Gasteiger charge is 2.32. The number of carbonyl (C=O) groups excluding carboxylic acids is 1. The molecule has 4 nitrogen and oxygen atoms in total. The number of benzene rings is 1. The molecule has 2 fully saturated rings. The smallest absolute Gasteiger partial charge is 0.251 e. The number of anilines is 1. The third-order valence-electron chi connectivity index (χ3n) is 6.00. The maximum Gasteiger partial charge on any atom is 0.251 e. The molecule has 1 saturated heterocycles. The highest BCUT2D eigenvalue weighted by molar-refractivity contribution is 5.94. The number of hydrogen-bond donors (Lipinski definition) is 2. The van der Waals surface area contributed by atoms with Crippen molar-refractivity contribution in [1.29, 1.82) is 0 Å². The molecule has 132 valence electrons. The Morgan fingerprint density at radius 1 is 1.21 bits per heavy atom. The van der Waals surface area contributed by atoms with Gasteiger partial charge in [0.15, 0.2) is 0 Å². The van der Waals surface area contributed by atoms with Gasteiger partial charge >= 0.3 is 0 Å². The summed E-state index contributed by atoms with van der Waals surface area (Å²) in [5.74, 6) is 0.0374. The van der Waals surface area contributed by atoms with Crippen molar-refractivity contribution in [3.63, 3.8) is 0 Å². The fraction of sp³-hybridized carbons (Fsp3) is 0.650. The number of rotatable bonds is 5. The van der Waals surface area contributed by atoms with Crippen LogP contribution >= 0.6 is 0 Å². The molecule has 2 aliphatic rings. The van der Waals surface area contributed by atoms with Crippen molar-refractivity contribution in [2.24, 2.45) is 5.41 Å². The minimum absolute atomic E-state index is 0.0374. The Bertz CT molecular complexity index is 541. The predicted molar refractivity (Wildman–Crippen MR) is 97.4 cm³/mol. The summed E-state index contributed by atoms with van der Waals surface area (Å²) in [4.78, 5) is 14.7. The van der Waals surface area contributed by atoms with Gasteiger partial charge < -0.3 is 15.3 Å². The highest BCUT2D eigenvalue weighted by atomic mass is 16.3. The van der Waals surface area contributed by atoms with Gasteiger partial charge in [-0.15, -0.1) is 0 Å². The van der Waals surface area contributed by atoms with Gasteiger partial charge in [-0.1, -0.05) is 19.8 Å². The average Bonchev–Trinajstić information content (AvgIpc) is 3.10. The molecule has 1 heterocycles. The van der Waals surface area contributed by atoms with E-state index in [1.165, 1.54) is 25.7 Å². The van der Waals surface area contributed by atoms with Gasteiger partial charge in [0, 0.05) is 30.9 Å². The van der Waals surface area contributed by atoms with Crippen LogP contribution < -0.4 is 10.2 Å². The second kappa shape index (κ2) is 7.56. The lowest BCUT2D eigenvalue weighted by molar-refractivity contribution is 0.0929. The third kappa shape index (κ3) is 3.92. The van der Waals surface area contributed by atoms with Crippen LogP contribution in [0.5, 0.6) is 0 Å². The second-order valence-corrected chi connectivity index (χ2v) is 7.51. The lowest BCUT2D eigenvalue weighted by atomic mass is 9.83. The molecule has 1 aliphatic carbocycles. The monoisotopic (exact) mass is 330 g/mol. The summed E-state index contributed by atoms with van der Waals surface area (Å²) in [6.45, 7) is 4.80. The van der Waals surface area contributed by atoms with Crippen molar-refractivity contribution >= 4 is 11.6 Å². The summed E-state index contributed by atoms with van der Waals surface area (Å²) >= 11 is 0. The highest BCUT2D eigenvalue weighted by Crippen LogP contribution is 2.40. The Morgan fingerprint density at radius 3 is 2.42 bits per heavy atom. The maximum atomic E-state index is 12.4. The van der Waals surface area contributed by atoms with E-state index in [4.69, 9.17) is 0 Å². The molecule has 1 aromatic carbocycles. The zero-order chi connectivity index (χ0) is 17.0. The van der Waals surface area contributed by atoms with Crippen LogP contribution in [0.4, 0.5) is 5.69 Å². The second-order valence-electron chi connectivity index (χ2n) is 7.51. The maximum absolute atomic E-state index is 12.4. The van der Waals surface area contributed by atoms with Crippen LogP contribution in [0.3, 0.4) is 0 Å². The van der Waals surface area contributed by atoms with E-state index >= 15 is 0 Å². The molecule has 1 amide bonds. The van der Waals surface area contributed by atoms with Crippen molar-refractivity contribution in [2.45, 2.75) is 58.0 Å². The quantitative estimate of drug-likeness (QED) is 0.870. The van der Waals surface area contributed by atoms with Gasteiger partial charge in [0.05, 0.1) is 6.10 Å². The van der Waals surface area contributed by atoms with E-state index in [1.54, 1.807) is 0 Å². The molecule has 4 heteroatoms. The summed E-state index contributed by atoms with van der Waals surface area (Å²) in [7, 11) is 0. The van der Waals surface area contributed by atoms with E-state index in [1.807, 2.05) is 24.3 Å². The van der Waals surface area contributed by atoms with Gasteiger partial charge in [-0.2, -0.15) is 0 Å². The van der Waals surface area contributed by atoms with Crippen LogP contribution in [-0.4, -0.2) is 36.8 Å². The molecular formula is C20H30N2O2. The Kier molecular flexibility index (Phi) is 5.44. The van der Waals surface area contributed by atoms with E-state index in [0.29, 0.717) is 5.41 Å². The fourth-order valence-electron chi connectivity index (χ4n) is 4.10. The van der Waals surface area contributed by atoms with Gasteiger partial charge in [0.25, 0.3) is 5.91 Å². The Hall–Kier alpha value is -1.55. The zero-order valence-corrected chi connectivity index (χ0v) is 14.8. The van der Waals surface area contributed by atoms with E-state index in [0.717, 1.165) is 50.1 Å². The number of nitrogens with zero attached hydrogens (tertiary/aromatic N) is 1. The molecule has 0 spiro atoms. The molecule has 0 atom stereocenters. The third-order valence-corrected chi connectivity index (χ3v) is 6.00. The van der Waals surface area contributed by atoms with Gasteiger partial charge in [-0.05, 0) is 61.8 Å². The number of nitrogens with one attached hydrogen (secondary N) is 1. The molecule has 0 unspecified atom stereocenters. The van der Waals surface area contributed by atoms with Crippen molar-refractivity contribution in [3.05, 3.63) is 29.8 Å². The molecule has 24 heavy (non-hydrogen) atoms. The molecule has 0 bridgehead atoms. The number of aliphatic hydroxyl groups excluding tert-OH is 1. The van der Waals surface area contributed by atoms with Crippen LogP contribution in [0, 0.1) is 5.41 Å². The summed E-state index contributed by atoms with van der Waals surface area (Å²) in [6.07, 6.45) is 7.70. The lowest BCUT2D eigenvalue weighted by Crippen LogP contribution is -2.36. The van der Waals surface area contributed by atoms with Crippen molar-refractivity contribution in [1.82, 2.24) is 5.32 Å².